The number of sulfonamides is 1. The van der Waals surface area contributed by atoms with Gasteiger partial charge in [0.2, 0.25) is 10.0 Å². The van der Waals surface area contributed by atoms with E-state index in [-0.39, 0.29) is 28.0 Å². The first-order valence-corrected chi connectivity index (χ1v) is 9.79. The van der Waals surface area contributed by atoms with Crippen molar-refractivity contribution in [1.29, 1.82) is 0 Å². The van der Waals surface area contributed by atoms with Crippen LogP contribution in [0.1, 0.15) is 10.9 Å². The molecule has 1 aromatic carbocycles. The Balaban J connectivity index is 1.88. The van der Waals surface area contributed by atoms with Gasteiger partial charge in [-0.2, -0.15) is 13.2 Å². The first kappa shape index (κ1) is 19.2. The summed E-state index contributed by atoms with van der Waals surface area (Å²) in [4.78, 5) is 4.11. The van der Waals surface area contributed by atoms with Crippen LogP contribution in [0.25, 0.3) is 10.8 Å². The van der Waals surface area contributed by atoms with Crippen LogP contribution in [0.4, 0.5) is 23.2 Å². The van der Waals surface area contributed by atoms with Crippen LogP contribution in [0.3, 0.4) is 0 Å². The summed E-state index contributed by atoms with van der Waals surface area (Å²) in [7, 11) is -3.77. The van der Waals surface area contributed by atoms with Gasteiger partial charge in [0.15, 0.2) is 0 Å². The largest absolute Gasteiger partial charge is 0.470 e. The highest BCUT2D eigenvalue weighted by molar-refractivity contribution is 7.92. The Hall–Kier alpha value is -2.54. The summed E-state index contributed by atoms with van der Waals surface area (Å²) >= 11 is 0.879. The second-order valence-electron chi connectivity index (χ2n) is 5.28. The molecule has 0 N–H and O–H groups in total. The summed E-state index contributed by atoms with van der Waals surface area (Å²) in [6.45, 7) is -0.243. The van der Waals surface area contributed by atoms with Crippen molar-refractivity contribution in [3.63, 3.8) is 0 Å². The molecular weight excluding hydrogens is 412 g/mol. The molecule has 3 aromatic rings. The van der Waals surface area contributed by atoms with E-state index in [0.29, 0.717) is 0 Å². The number of anilines is 1. The fourth-order valence-corrected chi connectivity index (χ4v) is 3.84. The molecule has 0 radical (unpaired) electrons. The number of halogens is 4. The number of alkyl halides is 3. The minimum atomic E-state index is -4.77. The minimum Gasteiger partial charge on any atom is -0.412 e. The third-order valence-electron chi connectivity index (χ3n) is 3.21. The maximum Gasteiger partial charge on any atom is 0.470 e. The third kappa shape index (κ3) is 4.42. The molecule has 27 heavy (non-hydrogen) atoms. The van der Waals surface area contributed by atoms with E-state index >= 15 is 0 Å². The van der Waals surface area contributed by atoms with Gasteiger partial charge in [-0.1, -0.05) is 6.07 Å². The summed E-state index contributed by atoms with van der Waals surface area (Å²) in [5.74, 6) is -2.50. The number of benzene rings is 1. The van der Waals surface area contributed by atoms with Gasteiger partial charge in [0.1, 0.15) is 15.7 Å². The molecule has 0 saturated carbocycles. The van der Waals surface area contributed by atoms with Crippen LogP contribution >= 0.6 is 11.3 Å². The van der Waals surface area contributed by atoms with Gasteiger partial charge in [-0.25, -0.2) is 17.8 Å². The standard InChI is InChI=1S/C14H10F4N4O3S2/c1-27(23,24)22(9-4-2-3-8(15)5-9)7-11-19-6-10(26-11)12-20-21-13(25-12)14(16,17)18/h2-6H,7H2,1H3. The van der Waals surface area contributed by atoms with E-state index in [4.69, 9.17) is 0 Å². The molecule has 7 nitrogen and oxygen atoms in total. The van der Waals surface area contributed by atoms with Crippen molar-refractivity contribution in [2.45, 2.75) is 12.7 Å². The Kier molecular flexibility index (Phi) is 4.90. The maximum absolute atomic E-state index is 13.4. The lowest BCUT2D eigenvalue weighted by atomic mass is 10.3. The van der Waals surface area contributed by atoms with E-state index in [1.165, 1.54) is 24.4 Å². The molecule has 2 aromatic heterocycles. The predicted octanol–water partition coefficient (Wildman–Crippen LogP) is 3.32. The van der Waals surface area contributed by atoms with E-state index in [1.54, 1.807) is 0 Å². The molecule has 0 unspecified atom stereocenters. The summed E-state index contributed by atoms with van der Waals surface area (Å²) in [5, 5.41) is 6.48. The van der Waals surface area contributed by atoms with E-state index in [2.05, 4.69) is 19.6 Å². The Labute approximate surface area is 154 Å². The second kappa shape index (κ2) is 6.88. The first-order chi connectivity index (χ1) is 12.5. The SMILES string of the molecule is CS(=O)(=O)N(Cc1ncc(-c2nnc(C(F)(F)F)o2)s1)c1cccc(F)c1. The number of hydrogen-bond donors (Lipinski definition) is 0. The van der Waals surface area contributed by atoms with Crippen molar-refractivity contribution in [2.24, 2.45) is 0 Å². The van der Waals surface area contributed by atoms with E-state index in [1.807, 2.05) is 0 Å². The molecule has 0 spiro atoms. The smallest absolute Gasteiger partial charge is 0.412 e. The van der Waals surface area contributed by atoms with Crippen LogP contribution in [-0.4, -0.2) is 29.9 Å². The topological polar surface area (TPSA) is 89.2 Å². The summed E-state index contributed by atoms with van der Waals surface area (Å²) in [6, 6.07) is 4.97. The van der Waals surface area contributed by atoms with Crippen molar-refractivity contribution in [3.8, 4) is 10.8 Å². The monoisotopic (exact) mass is 422 g/mol. The molecule has 0 aliphatic rings. The fourth-order valence-electron chi connectivity index (χ4n) is 2.07. The zero-order valence-corrected chi connectivity index (χ0v) is 15.1. The number of aromatic nitrogens is 3. The molecule has 144 valence electrons. The highest BCUT2D eigenvalue weighted by atomic mass is 32.2. The Morgan fingerprint density at radius 1 is 1.26 bits per heavy atom. The van der Waals surface area contributed by atoms with E-state index in [0.717, 1.165) is 28.0 Å². The molecule has 13 heteroatoms. The highest BCUT2D eigenvalue weighted by Gasteiger charge is 2.38. The van der Waals surface area contributed by atoms with Crippen molar-refractivity contribution in [1.82, 2.24) is 15.2 Å². The molecule has 2 heterocycles. The van der Waals surface area contributed by atoms with Gasteiger partial charge in [-0.15, -0.1) is 21.5 Å². The number of rotatable bonds is 5. The Morgan fingerprint density at radius 2 is 2.00 bits per heavy atom. The lowest BCUT2D eigenvalue weighted by Crippen LogP contribution is -2.29. The molecule has 0 bridgehead atoms. The van der Waals surface area contributed by atoms with Crippen LogP contribution in [-0.2, 0) is 22.7 Å². The zero-order chi connectivity index (χ0) is 19.8. The lowest BCUT2D eigenvalue weighted by Gasteiger charge is -2.21. The predicted molar refractivity (Wildman–Crippen MR) is 87.8 cm³/mol. The van der Waals surface area contributed by atoms with E-state index in [9.17, 15) is 26.0 Å². The summed E-state index contributed by atoms with van der Waals surface area (Å²) in [5.41, 5.74) is 0.0893. The van der Waals surface area contributed by atoms with Gasteiger partial charge in [-0.05, 0) is 18.2 Å². The van der Waals surface area contributed by atoms with Crippen molar-refractivity contribution < 1.29 is 30.4 Å². The van der Waals surface area contributed by atoms with Gasteiger partial charge in [0.25, 0.3) is 5.89 Å². The summed E-state index contributed by atoms with van der Waals surface area (Å²) in [6.07, 6.45) is -2.64. The van der Waals surface area contributed by atoms with Crippen LogP contribution < -0.4 is 4.31 Å². The van der Waals surface area contributed by atoms with E-state index < -0.39 is 27.9 Å². The van der Waals surface area contributed by atoms with Crippen LogP contribution in [0.2, 0.25) is 0 Å². The molecule has 0 aliphatic heterocycles. The Bertz CT molecular complexity index is 1060. The second-order valence-corrected chi connectivity index (χ2v) is 8.30. The quantitative estimate of drug-likeness (QED) is 0.586. The zero-order valence-electron chi connectivity index (χ0n) is 13.4. The van der Waals surface area contributed by atoms with Gasteiger partial charge >= 0.3 is 12.1 Å². The average Bonchev–Trinajstić information content (AvgIpc) is 3.20. The molecule has 0 aliphatic carbocycles. The van der Waals surface area contributed by atoms with Crippen molar-refractivity contribution in [2.75, 3.05) is 10.6 Å². The highest BCUT2D eigenvalue weighted by Crippen LogP contribution is 2.32. The van der Waals surface area contributed by atoms with Gasteiger partial charge in [0, 0.05) is 0 Å². The van der Waals surface area contributed by atoms with Gasteiger partial charge < -0.3 is 4.42 Å². The maximum atomic E-state index is 13.4. The molecular formula is C14H10F4N4O3S2. The molecule has 0 amide bonds. The third-order valence-corrected chi connectivity index (χ3v) is 5.32. The normalized spacial score (nSPS) is 12.3. The summed E-state index contributed by atoms with van der Waals surface area (Å²) < 4.78 is 80.6. The molecule has 0 fully saturated rings. The first-order valence-electron chi connectivity index (χ1n) is 7.13. The van der Waals surface area contributed by atoms with Crippen LogP contribution in [0, 0.1) is 5.82 Å². The molecule has 0 atom stereocenters. The number of thiazole rings is 1. The fraction of sp³-hybridized carbons (Fsp3) is 0.214. The van der Waals surface area contributed by atoms with Crippen LogP contribution in [0.5, 0.6) is 0 Å². The number of nitrogens with zero attached hydrogens (tertiary/aromatic N) is 4. The lowest BCUT2D eigenvalue weighted by molar-refractivity contribution is -0.156. The number of hydrogen-bond acceptors (Lipinski definition) is 7. The van der Waals surface area contributed by atoms with Gasteiger partial charge in [-0.3, -0.25) is 4.31 Å². The van der Waals surface area contributed by atoms with Crippen LogP contribution in [0.15, 0.2) is 34.9 Å². The minimum absolute atomic E-state index is 0.0893. The average molecular weight is 422 g/mol. The van der Waals surface area contributed by atoms with Gasteiger partial charge in [0.05, 0.1) is 24.7 Å². The Morgan fingerprint density at radius 3 is 2.59 bits per heavy atom. The molecule has 3 rings (SSSR count). The molecule has 0 saturated heterocycles. The van der Waals surface area contributed by atoms with Crippen molar-refractivity contribution >= 4 is 27.0 Å². The van der Waals surface area contributed by atoms with Crippen molar-refractivity contribution in [3.05, 3.63) is 47.2 Å².